The lowest BCUT2D eigenvalue weighted by Gasteiger charge is -2.49. The van der Waals surface area contributed by atoms with Gasteiger partial charge in [-0.05, 0) is 68.5 Å². The fourth-order valence-corrected chi connectivity index (χ4v) is 7.64. The van der Waals surface area contributed by atoms with Crippen LogP contribution in [0.2, 0.25) is 0 Å². The molecular formula is C24H23F5O5S. The number of fused-ring (bicyclic) bond motifs is 3. The van der Waals surface area contributed by atoms with Gasteiger partial charge in [0.05, 0.1) is 29.2 Å². The summed E-state index contributed by atoms with van der Waals surface area (Å²) in [5.74, 6) is -4.03. The Kier molecular flexibility index (Phi) is 6.58. The maximum atomic E-state index is 15.2. The van der Waals surface area contributed by atoms with E-state index in [2.05, 4.69) is 0 Å². The number of esters is 1. The summed E-state index contributed by atoms with van der Waals surface area (Å²) >= 11 is 0. The Bertz CT molecular complexity index is 1230. The number of benzene rings is 2. The molecule has 0 saturated heterocycles. The molecule has 2 aromatic rings. The second-order valence-corrected chi connectivity index (χ2v) is 11.0. The Morgan fingerprint density at radius 2 is 1.77 bits per heavy atom. The van der Waals surface area contributed by atoms with Crippen LogP contribution in [0.15, 0.2) is 41.3 Å². The average molecular weight is 519 g/mol. The minimum atomic E-state index is -4.67. The van der Waals surface area contributed by atoms with Crippen LogP contribution in [-0.4, -0.2) is 27.6 Å². The van der Waals surface area contributed by atoms with Crippen molar-refractivity contribution >= 4 is 15.8 Å². The van der Waals surface area contributed by atoms with Gasteiger partial charge in [0.1, 0.15) is 10.6 Å². The van der Waals surface area contributed by atoms with E-state index < -0.39 is 66.1 Å². The van der Waals surface area contributed by atoms with Crippen LogP contribution < -0.4 is 4.74 Å². The third-order valence-corrected chi connectivity index (χ3v) is 9.44. The molecule has 0 amide bonds. The van der Waals surface area contributed by atoms with Gasteiger partial charge in [-0.15, -0.1) is 0 Å². The van der Waals surface area contributed by atoms with Gasteiger partial charge < -0.3 is 9.47 Å². The van der Waals surface area contributed by atoms with Crippen molar-refractivity contribution in [2.45, 2.75) is 48.4 Å². The van der Waals surface area contributed by atoms with Crippen LogP contribution in [-0.2, 0) is 30.3 Å². The van der Waals surface area contributed by atoms with Crippen molar-refractivity contribution in [1.29, 1.82) is 0 Å². The molecule has 1 aliphatic heterocycles. The van der Waals surface area contributed by atoms with Gasteiger partial charge in [-0.2, -0.15) is 13.2 Å². The van der Waals surface area contributed by atoms with Crippen LogP contribution in [0.25, 0.3) is 0 Å². The van der Waals surface area contributed by atoms with Crippen molar-refractivity contribution in [2.75, 3.05) is 13.2 Å². The highest BCUT2D eigenvalue weighted by Gasteiger charge is 2.59. The lowest BCUT2D eigenvalue weighted by Crippen LogP contribution is -2.52. The number of hydrogen-bond acceptors (Lipinski definition) is 5. The van der Waals surface area contributed by atoms with Gasteiger partial charge >= 0.3 is 12.1 Å². The van der Waals surface area contributed by atoms with E-state index in [1.807, 2.05) is 0 Å². The second kappa shape index (κ2) is 9.07. The molecule has 11 heteroatoms. The molecule has 1 aliphatic carbocycles. The number of rotatable bonds is 5. The molecule has 0 spiro atoms. The van der Waals surface area contributed by atoms with E-state index in [9.17, 15) is 30.8 Å². The van der Waals surface area contributed by atoms with Crippen LogP contribution in [0.5, 0.6) is 5.75 Å². The number of alkyl halides is 3. The quantitative estimate of drug-likeness (QED) is 0.391. The molecule has 1 fully saturated rings. The van der Waals surface area contributed by atoms with Crippen LogP contribution in [0, 0.1) is 23.5 Å². The normalized spacial score (nSPS) is 24.2. The summed E-state index contributed by atoms with van der Waals surface area (Å²) in [4.78, 5) is 11.6. The lowest BCUT2D eigenvalue weighted by atomic mass is 9.68. The molecule has 35 heavy (non-hydrogen) atoms. The molecule has 1 saturated carbocycles. The fraction of sp³-hybridized carbons (Fsp3) is 0.458. The van der Waals surface area contributed by atoms with Crippen molar-refractivity contribution < 1.29 is 44.6 Å². The smallest absolute Gasteiger partial charge is 0.416 e. The largest absolute Gasteiger partial charge is 0.490 e. The first kappa shape index (κ1) is 25.4. The Morgan fingerprint density at radius 1 is 1.11 bits per heavy atom. The molecule has 2 aliphatic rings. The van der Waals surface area contributed by atoms with Gasteiger partial charge in [0, 0.05) is 12.3 Å². The predicted molar refractivity (Wildman–Crippen MR) is 114 cm³/mol. The van der Waals surface area contributed by atoms with Gasteiger partial charge in [0.2, 0.25) is 0 Å². The third-order valence-electron chi connectivity index (χ3n) is 6.84. The Morgan fingerprint density at radius 3 is 2.40 bits per heavy atom. The minimum Gasteiger partial charge on any atom is -0.490 e. The third kappa shape index (κ3) is 4.28. The molecular weight excluding hydrogens is 495 g/mol. The zero-order valence-corrected chi connectivity index (χ0v) is 19.5. The van der Waals surface area contributed by atoms with Gasteiger partial charge in [-0.3, -0.25) is 4.79 Å². The van der Waals surface area contributed by atoms with Crippen molar-refractivity contribution in [3.05, 3.63) is 59.2 Å². The summed E-state index contributed by atoms with van der Waals surface area (Å²) in [6.45, 7) is 1.58. The fourth-order valence-electron chi connectivity index (χ4n) is 5.28. The highest BCUT2D eigenvalue weighted by atomic mass is 32.2. The standard InChI is InChI=1S/C24H23F5O5S/c1-2-33-20(30)12-14-9-10-23(35(31,32)17-5-3-15(4-6-17)24(27,28)29)16(11-14)13-34-22-19(26)8-7-18(25)21(22)23/h3-8,14,16H,2,9-13H2,1H3/t14-,16-,23+/m1/s1. The van der Waals surface area contributed by atoms with Gasteiger partial charge in [0.15, 0.2) is 21.4 Å². The monoisotopic (exact) mass is 518 g/mol. The maximum absolute atomic E-state index is 15.2. The van der Waals surface area contributed by atoms with Crippen molar-refractivity contribution in [2.24, 2.45) is 11.8 Å². The number of carbonyl (C=O) groups excluding carboxylic acids is 1. The number of carbonyl (C=O) groups is 1. The topological polar surface area (TPSA) is 69.7 Å². The van der Waals surface area contributed by atoms with E-state index in [1.54, 1.807) is 6.92 Å². The molecule has 0 aromatic heterocycles. The first-order valence-corrected chi connectivity index (χ1v) is 12.6. The van der Waals surface area contributed by atoms with E-state index >= 15 is 4.39 Å². The molecule has 0 N–H and O–H groups in total. The van der Waals surface area contributed by atoms with E-state index in [0.717, 1.165) is 24.3 Å². The highest BCUT2D eigenvalue weighted by Crippen LogP contribution is 2.57. The van der Waals surface area contributed by atoms with Gasteiger partial charge in [0.25, 0.3) is 0 Å². The van der Waals surface area contributed by atoms with E-state index in [-0.39, 0.29) is 44.8 Å². The van der Waals surface area contributed by atoms with Crippen LogP contribution in [0.3, 0.4) is 0 Å². The number of sulfone groups is 1. The Balaban J connectivity index is 1.83. The molecule has 0 unspecified atom stereocenters. The second-order valence-electron chi connectivity index (χ2n) is 8.81. The summed E-state index contributed by atoms with van der Waals surface area (Å²) in [7, 11) is -4.53. The van der Waals surface area contributed by atoms with Crippen LogP contribution in [0.4, 0.5) is 22.0 Å². The lowest BCUT2D eigenvalue weighted by molar-refractivity contribution is -0.144. The van der Waals surface area contributed by atoms with E-state index in [0.29, 0.717) is 12.1 Å². The molecule has 0 radical (unpaired) electrons. The summed E-state index contributed by atoms with van der Waals surface area (Å²) in [5.41, 5.74) is -1.49. The zero-order valence-electron chi connectivity index (χ0n) is 18.7. The van der Waals surface area contributed by atoms with Gasteiger partial charge in [-0.1, -0.05) is 0 Å². The van der Waals surface area contributed by atoms with Gasteiger partial charge in [-0.25, -0.2) is 17.2 Å². The summed E-state index contributed by atoms with van der Waals surface area (Å²) in [5, 5.41) is 0. The molecule has 190 valence electrons. The number of ether oxygens (including phenoxy) is 2. The van der Waals surface area contributed by atoms with Crippen molar-refractivity contribution in [1.82, 2.24) is 0 Å². The molecule has 5 nitrogen and oxygen atoms in total. The molecule has 2 aromatic carbocycles. The van der Waals surface area contributed by atoms with E-state index in [4.69, 9.17) is 9.47 Å². The average Bonchev–Trinajstić information content (AvgIpc) is 2.80. The Labute approximate surface area is 199 Å². The summed E-state index contributed by atoms with van der Waals surface area (Å²) < 4.78 is 106. The van der Waals surface area contributed by atoms with Crippen LogP contribution in [0.1, 0.15) is 43.7 Å². The first-order valence-electron chi connectivity index (χ1n) is 11.1. The first-order chi connectivity index (χ1) is 16.4. The molecule has 3 atom stereocenters. The maximum Gasteiger partial charge on any atom is 0.416 e. The van der Waals surface area contributed by atoms with Crippen molar-refractivity contribution in [3.63, 3.8) is 0 Å². The minimum absolute atomic E-state index is 0.0270. The Hall–Kier alpha value is -2.69. The SMILES string of the molecule is CCOC(=O)C[C@@H]1CC[C@@]2(S(=O)(=O)c3ccc(C(F)(F)F)cc3)c3c(F)ccc(F)c3OC[C@H]2C1. The van der Waals surface area contributed by atoms with Crippen LogP contribution >= 0.6 is 0 Å². The van der Waals surface area contributed by atoms with E-state index in [1.165, 1.54) is 0 Å². The predicted octanol–water partition coefficient (Wildman–Crippen LogP) is 5.41. The summed E-state index contributed by atoms with van der Waals surface area (Å²) in [6, 6.07) is 4.61. The highest BCUT2D eigenvalue weighted by molar-refractivity contribution is 7.92. The zero-order chi connectivity index (χ0) is 25.6. The molecule has 4 rings (SSSR count). The summed E-state index contributed by atoms with van der Waals surface area (Å²) in [6.07, 6.45) is -4.48. The number of hydrogen-bond donors (Lipinski definition) is 0. The molecule has 0 bridgehead atoms. The number of halogens is 5. The molecule has 1 heterocycles. The van der Waals surface area contributed by atoms with Crippen molar-refractivity contribution in [3.8, 4) is 5.75 Å².